The fourth-order valence-electron chi connectivity index (χ4n) is 2.58. The molecule has 0 bridgehead atoms. The van der Waals surface area contributed by atoms with Gasteiger partial charge < -0.3 is 0 Å². The van der Waals surface area contributed by atoms with Crippen molar-refractivity contribution in [1.29, 1.82) is 0 Å². The first-order valence-electron chi connectivity index (χ1n) is 8.39. The van der Waals surface area contributed by atoms with E-state index in [1.165, 1.54) is 22.3 Å². The summed E-state index contributed by atoms with van der Waals surface area (Å²) in [7, 11) is 0. The molecule has 3 aromatic carbocycles. The minimum absolute atomic E-state index is 0.377. The summed E-state index contributed by atoms with van der Waals surface area (Å²) in [6, 6.07) is 24.9. The third kappa shape index (κ3) is 5.72. The fraction of sp³-hybridized carbons (Fsp3) is 0.182. The number of hydrogen-bond acceptors (Lipinski definition) is 2. The largest absolute Gasteiger partial charge is 0.138 e. The number of aryl methyl sites for hydroxylation is 1. The van der Waals surface area contributed by atoms with Gasteiger partial charge in [-0.25, -0.2) is 0 Å². The summed E-state index contributed by atoms with van der Waals surface area (Å²) >= 11 is 15.9. The van der Waals surface area contributed by atoms with E-state index in [4.69, 9.17) is 23.2 Å². The van der Waals surface area contributed by atoms with Gasteiger partial charge in [0.1, 0.15) is 0 Å². The molecule has 0 aliphatic heterocycles. The van der Waals surface area contributed by atoms with Crippen LogP contribution in [0.25, 0.3) is 0 Å². The highest BCUT2D eigenvalue weighted by Gasteiger charge is 2.15. The molecule has 3 rings (SSSR count). The Morgan fingerprint density at radius 3 is 1.62 bits per heavy atom. The molecular weight excluding hydrogens is 399 g/mol. The smallest absolute Gasteiger partial charge is 0.0760 e. The van der Waals surface area contributed by atoms with Gasteiger partial charge in [0.25, 0.3) is 0 Å². The van der Waals surface area contributed by atoms with Gasteiger partial charge in [-0.05, 0) is 53.4 Å². The highest BCUT2D eigenvalue weighted by Crippen LogP contribution is 2.43. The molecule has 0 saturated heterocycles. The second-order valence-electron chi connectivity index (χ2n) is 6.06. The van der Waals surface area contributed by atoms with Crippen LogP contribution in [-0.4, -0.2) is 0 Å². The third-order valence-electron chi connectivity index (χ3n) is 4.07. The van der Waals surface area contributed by atoms with Gasteiger partial charge in [-0.2, -0.15) is 0 Å². The maximum absolute atomic E-state index is 6.00. The highest BCUT2D eigenvalue weighted by molar-refractivity contribution is 8.15. The molecule has 134 valence electrons. The molecule has 0 aliphatic carbocycles. The van der Waals surface area contributed by atoms with Crippen LogP contribution in [0.5, 0.6) is 0 Å². The van der Waals surface area contributed by atoms with Crippen LogP contribution in [0.15, 0.2) is 72.8 Å². The number of thioether (sulfide) groups is 2. The average Bonchev–Trinajstić information content (AvgIpc) is 2.65. The molecule has 0 amide bonds. The zero-order valence-electron chi connectivity index (χ0n) is 14.5. The van der Waals surface area contributed by atoms with E-state index in [9.17, 15) is 0 Å². The molecule has 0 fully saturated rings. The number of benzene rings is 3. The summed E-state index contributed by atoms with van der Waals surface area (Å²) in [4.78, 5) is 0. The van der Waals surface area contributed by atoms with E-state index >= 15 is 0 Å². The van der Waals surface area contributed by atoms with E-state index in [1.54, 1.807) is 0 Å². The van der Waals surface area contributed by atoms with Gasteiger partial charge in [-0.3, -0.25) is 0 Å². The van der Waals surface area contributed by atoms with Crippen LogP contribution in [0.3, 0.4) is 0 Å². The third-order valence-corrected chi connectivity index (χ3v) is 7.51. The first kappa shape index (κ1) is 19.7. The van der Waals surface area contributed by atoms with Crippen molar-refractivity contribution in [1.82, 2.24) is 0 Å². The Hall–Kier alpha value is -1.06. The molecule has 0 saturated carbocycles. The summed E-state index contributed by atoms with van der Waals surface area (Å²) in [6.45, 7) is 2.19. The van der Waals surface area contributed by atoms with Crippen LogP contribution < -0.4 is 0 Å². The molecule has 26 heavy (non-hydrogen) atoms. The second kappa shape index (κ2) is 9.75. The van der Waals surface area contributed by atoms with Crippen molar-refractivity contribution in [3.8, 4) is 0 Å². The second-order valence-corrected chi connectivity index (χ2v) is 9.42. The van der Waals surface area contributed by atoms with Gasteiger partial charge in [0.15, 0.2) is 0 Å². The highest BCUT2D eigenvalue weighted by atomic mass is 35.5. The van der Waals surface area contributed by atoms with E-state index in [0.717, 1.165) is 21.6 Å². The van der Waals surface area contributed by atoms with Crippen molar-refractivity contribution in [3.05, 3.63) is 105 Å². The summed E-state index contributed by atoms with van der Waals surface area (Å²) in [5, 5.41) is 1.57. The molecule has 0 nitrogen and oxygen atoms in total. The Kier molecular flexibility index (Phi) is 7.39. The molecule has 0 aliphatic rings. The van der Waals surface area contributed by atoms with Crippen LogP contribution in [-0.2, 0) is 11.5 Å². The standard InChI is InChI=1S/C22H20Cl2S2/c1-16-4-2-3-5-21(16)22(25-14-17-6-10-19(23)11-7-17)26-15-18-8-12-20(24)13-9-18/h2-13,22H,14-15H2,1H3. The van der Waals surface area contributed by atoms with Crippen molar-refractivity contribution in [3.63, 3.8) is 0 Å². The zero-order chi connectivity index (χ0) is 18.4. The Morgan fingerprint density at radius 2 is 1.15 bits per heavy atom. The van der Waals surface area contributed by atoms with Crippen LogP contribution in [0.4, 0.5) is 0 Å². The number of rotatable bonds is 7. The van der Waals surface area contributed by atoms with E-state index in [0.29, 0.717) is 4.58 Å². The Bertz CT molecular complexity index is 780. The van der Waals surface area contributed by atoms with E-state index in [2.05, 4.69) is 55.5 Å². The molecule has 0 radical (unpaired) electrons. The average molecular weight is 419 g/mol. The van der Waals surface area contributed by atoms with E-state index in [-0.39, 0.29) is 0 Å². The maximum Gasteiger partial charge on any atom is 0.0760 e. The van der Waals surface area contributed by atoms with E-state index in [1.807, 2.05) is 47.8 Å². The quantitative estimate of drug-likeness (QED) is 0.354. The van der Waals surface area contributed by atoms with Gasteiger partial charge >= 0.3 is 0 Å². The summed E-state index contributed by atoms with van der Waals surface area (Å²) < 4.78 is 0.377. The molecule has 0 atom stereocenters. The lowest BCUT2D eigenvalue weighted by Gasteiger charge is -2.19. The van der Waals surface area contributed by atoms with Crippen molar-refractivity contribution < 1.29 is 0 Å². The van der Waals surface area contributed by atoms with Gasteiger partial charge in [0, 0.05) is 21.6 Å². The molecule has 0 unspecified atom stereocenters. The molecular formula is C22H20Cl2S2. The molecule has 4 heteroatoms. The molecule has 0 N–H and O–H groups in total. The zero-order valence-corrected chi connectivity index (χ0v) is 17.6. The number of halogens is 2. The SMILES string of the molecule is Cc1ccccc1C(SCc1ccc(Cl)cc1)SCc1ccc(Cl)cc1. The minimum Gasteiger partial charge on any atom is -0.138 e. The summed E-state index contributed by atoms with van der Waals surface area (Å²) in [5.41, 5.74) is 5.32. The lowest BCUT2D eigenvalue weighted by molar-refractivity contribution is 1.26. The van der Waals surface area contributed by atoms with Crippen molar-refractivity contribution in [2.45, 2.75) is 23.0 Å². The Labute approximate surface area is 174 Å². The van der Waals surface area contributed by atoms with Crippen LogP contribution in [0.2, 0.25) is 10.0 Å². The normalized spacial score (nSPS) is 11.1. The van der Waals surface area contributed by atoms with Crippen molar-refractivity contribution in [2.24, 2.45) is 0 Å². The first-order valence-corrected chi connectivity index (χ1v) is 11.2. The molecule has 0 aromatic heterocycles. The van der Waals surface area contributed by atoms with Gasteiger partial charge in [0.2, 0.25) is 0 Å². The minimum atomic E-state index is 0.377. The summed E-state index contributed by atoms with van der Waals surface area (Å²) in [5.74, 6) is 1.92. The van der Waals surface area contributed by atoms with E-state index < -0.39 is 0 Å². The monoisotopic (exact) mass is 418 g/mol. The first-order chi connectivity index (χ1) is 12.6. The Balaban J connectivity index is 1.72. The van der Waals surface area contributed by atoms with Crippen molar-refractivity contribution in [2.75, 3.05) is 0 Å². The molecule has 3 aromatic rings. The van der Waals surface area contributed by atoms with Gasteiger partial charge in [-0.15, -0.1) is 23.5 Å². The predicted octanol–water partition coefficient (Wildman–Crippen LogP) is 8.17. The lowest BCUT2D eigenvalue weighted by atomic mass is 10.1. The lowest BCUT2D eigenvalue weighted by Crippen LogP contribution is -1.95. The van der Waals surface area contributed by atoms with Crippen LogP contribution >= 0.6 is 46.7 Å². The topological polar surface area (TPSA) is 0 Å². The Morgan fingerprint density at radius 1 is 0.692 bits per heavy atom. The van der Waals surface area contributed by atoms with Gasteiger partial charge in [-0.1, -0.05) is 71.7 Å². The number of hydrogen-bond donors (Lipinski definition) is 0. The van der Waals surface area contributed by atoms with Crippen LogP contribution in [0, 0.1) is 6.92 Å². The predicted molar refractivity (Wildman–Crippen MR) is 119 cm³/mol. The molecule has 0 spiro atoms. The maximum atomic E-state index is 6.00. The molecule has 0 heterocycles. The van der Waals surface area contributed by atoms with Gasteiger partial charge in [0.05, 0.1) is 4.58 Å². The summed E-state index contributed by atoms with van der Waals surface area (Å²) in [6.07, 6.45) is 0. The van der Waals surface area contributed by atoms with Crippen molar-refractivity contribution >= 4 is 46.7 Å². The van der Waals surface area contributed by atoms with Crippen LogP contribution in [0.1, 0.15) is 26.8 Å². The fourth-order valence-corrected chi connectivity index (χ4v) is 5.59.